The zero-order valence-electron chi connectivity index (χ0n) is 17.1. The van der Waals surface area contributed by atoms with Gasteiger partial charge >= 0.3 is 0 Å². The van der Waals surface area contributed by atoms with Crippen LogP contribution in [0.15, 0.2) is 22.5 Å². The molecule has 29 heavy (non-hydrogen) atoms. The van der Waals surface area contributed by atoms with Crippen LogP contribution in [0.25, 0.3) is 0 Å². The molecule has 0 amide bonds. The number of nitrogens with zero attached hydrogens (tertiary/aromatic N) is 2. The molecule has 2 fully saturated rings. The molecule has 8 nitrogen and oxygen atoms in total. The van der Waals surface area contributed by atoms with E-state index in [9.17, 15) is 8.42 Å². The third kappa shape index (κ3) is 7.21. The molecule has 0 bridgehead atoms. The van der Waals surface area contributed by atoms with Gasteiger partial charge in [0.15, 0.2) is 5.96 Å². The summed E-state index contributed by atoms with van der Waals surface area (Å²) < 4.78 is 32.5. The molecule has 3 N–H and O–H groups in total. The van der Waals surface area contributed by atoms with Gasteiger partial charge in [0.2, 0.25) is 10.0 Å². The fraction of sp³-hybridized carbons (Fsp3) is 0.737. The second-order valence-corrected chi connectivity index (χ2v) is 10.4. The highest BCUT2D eigenvalue weighted by molar-refractivity contribution is 7.89. The first-order valence-corrected chi connectivity index (χ1v) is 12.9. The van der Waals surface area contributed by atoms with Crippen LogP contribution < -0.4 is 15.4 Å². The molecule has 1 aliphatic heterocycles. The molecule has 0 radical (unpaired) electrons. The van der Waals surface area contributed by atoms with Crippen LogP contribution in [-0.2, 0) is 14.8 Å². The van der Waals surface area contributed by atoms with Crippen LogP contribution in [0.5, 0.6) is 0 Å². The van der Waals surface area contributed by atoms with Gasteiger partial charge in [-0.1, -0.05) is 12.5 Å². The number of morpholine rings is 1. The zero-order chi connectivity index (χ0) is 20.5. The van der Waals surface area contributed by atoms with E-state index in [1.807, 2.05) is 0 Å². The SMILES string of the molecule is CN=C(NCCS(=O)(=O)NCC1CCC1)NCC(c1cccs1)N1CCOCC1. The molecule has 164 valence electrons. The first-order chi connectivity index (χ1) is 14.1. The maximum absolute atomic E-state index is 12.1. The van der Waals surface area contributed by atoms with Gasteiger partial charge in [-0.25, -0.2) is 13.1 Å². The van der Waals surface area contributed by atoms with Crippen LogP contribution in [0, 0.1) is 5.92 Å². The van der Waals surface area contributed by atoms with Crippen LogP contribution in [0.3, 0.4) is 0 Å². The standard InChI is InChI=1S/C19H33N5O3S2/c1-20-19(21-7-13-29(25,26)23-14-16-4-2-5-16)22-15-17(18-6-3-12-28-18)24-8-10-27-11-9-24/h3,6,12,16-17,23H,2,4-5,7-11,13-15H2,1H3,(H2,20,21,22). The van der Waals surface area contributed by atoms with Crippen LogP contribution in [-0.4, -0.2) is 78.0 Å². The summed E-state index contributed by atoms with van der Waals surface area (Å²) in [6, 6.07) is 4.47. The van der Waals surface area contributed by atoms with E-state index < -0.39 is 10.0 Å². The molecular weight excluding hydrogens is 410 g/mol. The number of aliphatic imine (C=N–C) groups is 1. The predicted octanol–water partition coefficient (Wildman–Crippen LogP) is 1.01. The summed E-state index contributed by atoms with van der Waals surface area (Å²) in [4.78, 5) is 7.97. The number of guanidine groups is 1. The second-order valence-electron chi connectivity index (χ2n) is 7.52. The van der Waals surface area contributed by atoms with E-state index in [0.717, 1.165) is 39.1 Å². The van der Waals surface area contributed by atoms with Crippen molar-refractivity contribution in [3.05, 3.63) is 22.4 Å². The molecule has 1 aromatic heterocycles. The van der Waals surface area contributed by atoms with Gasteiger partial charge < -0.3 is 15.4 Å². The molecule has 0 aromatic carbocycles. The molecule has 1 aliphatic carbocycles. The highest BCUT2D eigenvalue weighted by atomic mass is 32.2. The minimum atomic E-state index is -3.26. The fourth-order valence-corrected chi connectivity index (χ4v) is 5.38. The van der Waals surface area contributed by atoms with E-state index >= 15 is 0 Å². The summed E-state index contributed by atoms with van der Waals surface area (Å²) in [5.41, 5.74) is 0. The maximum atomic E-state index is 12.1. The molecule has 10 heteroatoms. The largest absolute Gasteiger partial charge is 0.379 e. The molecule has 1 saturated heterocycles. The maximum Gasteiger partial charge on any atom is 0.213 e. The first kappa shape index (κ1) is 22.5. The minimum absolute atomic E-state index is 0.0399. The topological polar surface area (TPSA) is 95.1 Å². The Kier molecular flexibility index (Phi) is 8.73. The van der Waals surface area contributed by atoms with E-state index in [4.69, 9.17) is 4.74 Å². The van der Waals surface area contributed by atoms with Gasteiger partial charge in [-0.3, -0.25) is 9.89 Å². The number of hydrogen-bond acceptors (Lipinski definition) is 6. The monoisotopic (exact) mass is 443 g/mol. The highest BCUT2D eigenvalue weighted by Gasteiger charge is 2.24. The van der Waals surface area contributed by atoms with Crippen LogP contribution >= 0.6 is 11.3 Å². The Balaban J connectivity index is 1.44. The molecule has 2 aliphatic rings. The van der Waals surface area contributed by atoms with Crippen LogP contribution in [0.1, 0.15) is 30.2 Å². The number of thiophene rings is 1. The van der Waals surface area contributed by atoms with Crippen molar-refractivity contribution in [2.75, 3.05) is 58.7 Å². The Labute approximate surface area is 178 Å². The van der Waals surface area contributed by atoms with E-state index in [1.54, 1.807) is 18.4 Å². The molecule has 3 rings (SSSR count). The summed E-state index contributed by atoms with van der Waals surface area (Å²) in [7, 11) is -1.55. The van der Waals surface area contributed by atoms with Crippen molar-refractivity contribution in [2.24, 2.45) is 10.9 Å². The Morgan fingerprint density at radius 1 is 1.34 bits per heavy atom. The Bertz CT molecular complexity index is 729. The van der Waals surface area contributed by atoms with Crippen molar-refractivity contribution in [3.63, 3.8) is 0 Å². The molecule has 0 spiro atoms. The van der Waals surface area contributed by atoms with E-state index in [0.29, 0.717) is 31.5 Å². The molecule has 1 atom stereocenters. The average Bonchev–Trinajstić information content (AvgIpc) is 3.20. The van der Waals surface area contributed by atoms with Crippen molar-refractivity contribution in [1.29, 1.82) is 0 Å². The summed E-state index contributed by atoms with van der Waals surface area (Å²) in [5.74, 6) is 1.17. The van der Waals surface area contributed by atoms with Crippen molar-refractivity contribution in [1.82, 2.24) is 20.3 Å². The summed E-state index contributed by atoms with van der Waals surface area (Å²) in [5, 5.41) is 8.58. The third-order valence-electron chi connectivity index (χ3n) is 5.52. The van der Waals surface area contributed by atoms with Gasteiger partial charge in [-0.2, -0.15) is 0 Å². The van der Waals surface area contributed by atoms with E-state index in [1.165, 1.54) is 11.3 Å². The number of rotatable bonds is 10. The molecule has 2 heterocycles. The van der Waals surface area contributed by atoms with Crippen LogP contribution in [0.2, 0.25) is 0 Å². The smallest absolute Gasteiger partial charge is 0.213 e. The van der Waals surface area contributed by atoms with Crippen molar-refractivity contribution < 1.29 is 13.2 Å². The quantitative estimate of drug-likeness (QED) is 0.369. The lowest BCUT2D eigenvalue weighted by Crippen LogP contribution is -2.47. The molecule has 1 aromatic rings. The van der Waals surface area contributed by atoms with E-state index in [-0.39, 0.29) is 11.8 Å². The Morgan fingerprint density at radius 3 is 2.76 bits per heavy atom. The number of sulfonamides is 1. The third-order valence-corrected chi connectivity index (χ3v) is 7.85. The lowest BCUT2D eigenvalue weighted by molar-refractivity contribution is 0.0177. The van der Waals surface area contributed by atoms with Crippen molar-refractivity contribution >= 4 is 27.3 Å². The summed E-state index contributed by atoms with van der Waals surface area (Å²) in [6.45, 7) is 4.90. The summed E-state index contributed by atoms with van der Waals surface area (Å²) >= 11 is 1.75. The molecule has 1 saturated carbocycles. The fourth-order valence-electron chi connectivity index (χ4n) is 3.51. The second kappa shape index (κ2) is 11.3. The normalized spacial score (nSPS) is 20.2. The van der Waals surface area contributed by atoms with Gasteiger partial charge in [-0.15, -0.1) is 11.3 Å². The van der Waals surface area contributed by atoms with Crippen molar-refractivity contribution in [2.45, 2.75) is 25.3 Å². The van der Waals surface area contributed by atoms with Gasteiger partial charge in [0, 0.05) is 44.6 Å². The first-order valence-electron chi connectivity index (χ1n) is 10.3. The minimum Gasteiger partial charge on any atom is -0.379 e. The van der Waals surface area contributed by atoms with Gasteiger partial charge in [-0.05, 0) is 30.2 Å². The number of ether oxygens (including phenoxy) is 1. The van der Waals surface area contributed by atoms with Gasteiger partial charge in [0.1, 0.15) is 0 Å². The van der Waals surface area contributed by atoms with Gasteiger partial charge in [0.05, 0.1) is 25.0 Å². The van der Waals surface area contributed by atoms with Crippen molar-refractivity contribution in [3.8, 4) is 0 Å². The highest BCUT2D eigenvalue weighted by Crippen LogP contribution is 2.26. The molecular formula is C19H33N5O3S2. The lowest BCUT2D eigenvalue weighted by Gasteiger charge is -2.34. The zero-order valence-corrected chi connectivity index (χ0v) is 18.7. The molecule has 1 unspecified atom stereocenters. The van der Waals surface area contributed by atoms with E-state index in [2.05, 4.69) is 42.8 Å². The number of hydrogen-bond donors (Lipinski definition) is 3. The average molecular weight is 444 g/mol. The lowest BCUT2D eigenvalue weighted by atomic mass is 9.86. The Hall–Kier alpha value is -1.20. The predicted molar refractivity (Wildman–Crippen MR) is 118 cm³/mol. The van der Waals surface area contributed by atoms with Gasteiger partial charge in [0.25, 0.3) is 0 Å². The number of nitrogens with one attached hydrogen (secondary N) is 3. The summed E-state index contributed by atoms with van der Waals surface area (Å²) in [6.07, 6.45) is 3.48. The Morgan fingerprint density at radius 2 is 2.14 bits per heavy atom. The van der Waals surface area contributed by atoms with Crippen LogP contribution in [0.4, 0.5) is 0 Å².